The molecule has 1 saturated carbocycles. The maximum atomic E-state index is 9.52. The smallest absolute Gasteiger partial charge is 0.211 e. The Bertz CT molecular complexity index is 441. The standard InChI is InChI=1S/C14H17ClO3/c15-11-6-4-5-10-12(9-16)17-14(18-13(10)11)7-2-1-3-8-14/h4-6,12,16H,1-3,7-9H2/t12-/m1/s1. The minimum Gasteiger partial charge on any atom is -0.460 e. The molecule has 1 aromatic carbocycles. The maximum Gasteiger partial charge on any atom is 0.211 e. The monoisotopic (exact) mass is 268 g/mol. The highest BCUT2D eigenvalue weighted by Gasteiger charge is 2.43. The number of aliphatic hydroxyl groups excluding tert-OH is 1. The number of aliphatic hydroxyl groups is 1. The maximum absolute atomic E-state index is 9.52. The highest BCUT2D eigenvalue weighted by molar-refractivity contribution is 6.32. The molecule has 1 aliphatic carbocycles. The van der Waals surface area contributed by atoms with Gasteiger partial charge in [-0.15, -0.1) is 0 Å². The number of benzene rings is 1. The van der Waals surface area contributed by atoms with Gasteiger partial charge in [0.2, 0.25) is 5.79 Å². The van der Waals surface area contributed by atoms with Gasteiger partial charge in [0.15, 0.2) is 0 Å². The lowest BCUT2D eigenvalue weighted by Gasteiger charge is -2.44. The van der Waals surface area contributed by atoms with Crippen LogP contribution in [0.2, 0.25) is 5.02 Å². The molecular formula is C14H17ClO3. The summed E-state index contributed by atoms with van der Waals surface area (Å²) in [6, 6.07) is 5.57. The summed E-state index contributed by atoms with van der Waals surface area (Å²) in [4.78, 5) is 0. The van der Waals surface area contributed by atoms with Gasteiger partial charge in [-0.3, -0.25) is 0 Å². The van der Waals surface area contributed by atoms with Gasteiger partial charge < -0.3 is 14.6 Å². The van der Waals surface area contributed by atoms with Crippen molar-refractivity contribution in [2.24, 2.45) is 0 Å². The molecule has 1 fully saturated rings. The predicted molar refractivity (Wildman–Crippen MR) is 68.8 cm³/mol. The van der Waals surface area contributed by atoms with Crippen LogP contribution in [-0.4, -0.2) is 17.5 Å². The molecule has 1 atom stereocenters. The summed E-state index contributed by atoms with van der Waals surface area (Å²) in [6.45, 7) is -0.0432. The van der Waals surface area contributed by atoms with E-state index in [-0.39, 0.29) is 12.7 Å². The van der Waals surface area contributed by atoms with E-state index in [0.717, 1.165) is 31.2 Å². The van der Waals surface area contributed by atoms with Crippen LogP contribution in [0.4, 0.5) is 0 Å². The second-order valence-corrected chi connectivity index (χ2v) is 5.43. The molecule has 1 aromatic rings. The van der Waals surface area contributed by atoms with E-state index < -0.39 is 5.79 Å². The number of rotatable bonds is 1. The molecular weight excluding hydrogens is 252 g/mol. The lowest BCUT2D eigenvalue weighted by atomic mass is 9.92. The Morgan fingerprint density at radius 2 is 2.06 bits per heavy atom. The first-order chi connectivity index (χ1) is 8.74. The van der Waals surface area contributed by atoms with Gasteiger partial charge in [0.25, 0.3) is 0 Å². The van der Waals surface area contributed by atoms with Gasteiger partial charge in [0.1, 0.15) is 11.9 Å². The Labute approximate surface area is 112 Å². The molecule has 3 rings (SSSR count). The fourth-order valence-electron chi connectivity index (χ4n) is 2.87. The van der Waals surface area contributed by atoms with Crippen LogP contribution in [0.15, 0.2) is 18.2 Å². The molecule has 1 N–H and O–H groups in total. The number of halogens is 1. The third-order valence-corrected chi connectivity index (χ3v) is 4.07. The van der Waals surface area contributed by atoms with Crippen LogP contribution in [-0.2, 0) is 4.74 Å². The summed E-state index contributed by atoms with van der Waals surface area (Å²) in [5.74, 6) is 0.107. The van der Waals surface area contributed by atoms with Crippen LogP contribution in [0.5, 0.6) is 5.75 Å². The molecule has 1 heterocycles. The van der Waals surface area contributed by atoms with E-state index >= 15 is 0 Å². The summed E-state index contributed by atoms with van der Waals surface area (Å²) in [5, 5.41) is 10.1. The van der Waals surface area contributed by atoms with Gasteiger partial charge in [0.05, 0.1) is 11.6 Å². The minimum absolute atomic E-state index is 0.0432. The van der Waals surface area contributed by atoms with Crippen molar-refractivity contribution in [3.8, 4) is 5.75 Å². The van der Waals surface area contributed by atoms with Crippen LogP contribution in [0.1, 0.15) is 43.8 Å². The van der Waals surface area contributed by atoms with Gasteiger partial charge in [0, 0.05) is 18.4 Å². The third-order valence-electron chi connectivity index (χ3n) is 3.77. The summed E-state index contributed by atoms with van der Waals surface area (Å²) < 4.78 is 12.1. The summed E-state index contributed by atoms with van der Waals surface area (Å²) in [7, 11) is 0. The molecule has 0 bridgehead atoms. The molecule has 4 heteroatoms. The van der Waals surface area contributed by atoms with E-state index in [0.29, 0.717) is 10.8 Å². The predicted octanol–water partition coefficient (Wildman–Crippen LogP) is 3.44. The fourth-order valence-corrected chi connectivity index (χ4v) is 3.09. The molecule has 0 saturated heterocycles. The first-order valence-corrected chi connectivity index (χ1v) is 6.88. The second-order valence-electron chi connectivity index (χ2n) is 5.02. The third kappa shape index (κ3) is 2.00. The molecule has 1 spiro atoms. The Morgan fingerprint density at radius 1 is 1.28 bits per heavy atom. The van der Waals surface area contributed by atoms with Gasteiger partial charge in [-0.25, -0.2) is 0 Å². The van der Waals surface area contributed by atoms with Crippen molar-refractivity contribution in [2.75, 3.05) is 6.61 Å². The molecule has 2 aliphatic rings. The van der Waals surface area contributed by atoms with Crippen molar-refractivity contribution in [3.05, 3.63) is 28.8 Å². The fraction of sp³-hybridized carbons (Fsp3) is 0.571. The van der Waals surface area contributed by atoms with Crippen molar-refractivity contribution < 1.29 is 14.6 Å². The van der Waals surface area contributed by atoms with E-state index in [1.165, 1.54) is 6.42 Å². The first-order valence-electron chi connectivity index (χ1n) is 6.50. The summed E-state index contributed by atoms with van der Waals surface area (Å²) >= 11 is 6.20. The first kappa shape index (κ1) is 12.3. The van der Waals surface area contributed by atoms with Crippen LogP contribution in [0.3, 0.4) is 0 Å². The number of para-hydroxylation sites is 1. The van der Waals surface area contributed by atoms with E-state index in [1.54, 1.807) is 0 Å². The zero-order chi connectivity index (χ0) is 12.6. The highest BCUT2D eigenvalue weighted by atomic mass is 35.5. The SMILES string of the molecule is OC[C@H]1OC2(CCCCC2)Oc2c(Cl)cccc21. The lowest BCUT2D eigenvalue weighted by Crippen LogP contribution is -2.45. The van der Waals surface area contributed by atoms with E-state index in [2.05, 4.69) is 0 Å². The van der Waals surface area contributed by atoms with Crippen molar-refractivity contribution >= 4 is 11.6 Å². The Morgan fingerprint density at radius 3 is 2.78 bits per heavy atom. The number of hydrogen-bond donors (Lipinski definition) is 1. The zero-order valence-electron chi connectivity index (χ0n) is 10.2. The molecule has 3 nitrogen and oxygen atoms in total. The van der Waals surface area contributed by atoms with Crippen molar-refractivity contribution in [2.45, 2.75) is 44.0 Å². The average Bonchev–Trinajstić information content (AvgIpc) is 2.40. The molecule has 98 valence electrons. The molecule has 0 unspecified atom stereocenters. The van der Waals surface area contributed by atoms with Gasteiger partial charge in [-0.1, -0.05) is 30.2 Å². The molecule has 0 aromatic heterocycles. The molecule has 1 aliphatic heterocycles. The Kier molecular flexibility index (Phi) is 3.22. The zero-order valence-corrected chi connectivity index (χ0v) is 10.9. The van der Waals surface area contributed by atoms with Crippen LogP contribution in [0, 0.1) is 0 Å². The van der Waals surface area contributed by atoms with Crippen molar-refractivity contribution in [3.63, 3.8) is 0 Å². The van der Waals surface area contributed by atoms with Gasteiger partial charge >= 0.3 is 0 Å². The quantitative estimate of drug-likeness (QED) is 0.848. The number of fused-ring (bicyclic) bond motifs is 1. The summed E-state index contributed by atoms with van der Waals surface area (Å²) in [5.41, 5.74) is 0.848. The minimum atomic E-state index is -0.580. The normalized spacial score (nSPS) is 25.6. The molecule has 0 amide bonds. The lowest BCUT2D eigenvalue weighted by molar-refractivity contribution is -0.250. The van der Waals surface area contributed by atoms with E-state index in [4.69, 9.17) is 21.1 Å². The molecule has 18 heavy (non-hydrogen) atoms. The van der Waals surface area contributed by atoms with Crippen LogP contribution >= 0.6 is 11.6 Å². The second kappa shape index (κ2) is 4.72. The van der Waals surface area contributed by atoms with Crippen molar-refractivity contribution in [1.29, 1.82) is 0 Å². The van der Waals surface area contributed by atoms with Gasteiger partial charge in [-0.05, 0) is 18.9 Å². The highest BCUT2D eigenvalue weighted by Crippen LogP contribution is 2.47. The Balaban J connectivity index is 2.00. The number of hydrogen-bond acceptors (Lipinski definition) is 3. The van der Waals surface area contributed by atoms with Gasteiger partial charge in [-0.2, -0.15) is 0 Å². The largest absolute Gasteiger partial charge is 0.460 e. The molecule has 0 radical (unpaired) electrons. The average molecular weight is 269 g/mol. The van der Waals surface area contributed by atoms with Crippen molar-refractivity contribution in [1.82, 2.24) is 0 Å². The van der Waals surface area contributed by atoms with Crippen LogP contribution < -0.4 is 4.74 Å². The van der Waals surface area contributed by atoms with Crippen LogP contribution in [0.25, 0.3) is 0 Å². The number of ether oxygens (including phenoxy) is 2. The van der Waals surface area contributed by atoms with E-state index in [9.17, 15) is 5.11 Å². The summed E-state index contributed by atoms with van der Waals surface area (Å²) in [6.07, 6.45) is 4.82. The van der Waals surface area contributed by atoms with E-state index in [1.807, 2.05) is 18.2 Å². The Hall–Kier alpha value is -0.770. The topological polar surface area (TPSA) is 38.7 Å².